The molecule has 2 heterocycles. The molecule has 2 unspecified atom stereocenters. The zero-order valence-electron chi connectivity index (χ0n) is 11.8. The van der Waals surface area contributed by atoms with Crippen LogP contribution < -0.4 is 5.32 Å². The minimum absolute atomic E-state index is 0.312. The van der Waals surface area contributed by atoms with Gasteiger partial charge in [0.2, 0.25) is 0 Å². The average molecular weight is 314 g/mol. The smallest absolute Gasteiger partial charge is 0.159 e. The predicted octanol–water partition coefficient (Wildman–Crippen LogP) is -0.159. The third-order valence-electron chi connectivity index (χ3n) is 4.13. The Labute approximate surface area is 128 Å². The average Bonchev–Trinajstić information content (AvgIpc) is 3.20. The van der Waals surface area contributed by atoms with Crippen LogP contribution in [0, 0.1) is 5.92 Å². The second-order valence-corrected chi connectivity index (χ2v) is 7.01. The number of aliphatic hydroxyl groups is 3. The van der Waals surface area contributed by atoms with Crippen molar-refractivity contribution in [1.82, 2.24) is 5.32 Å². The molecule has 0 aromatic carbocycles. The fraction of sp³-hybridized carbons (Fsp3) is 0.786. The second-order valence-electron chi connectivity index (χ2n) is 5.92. The Kier molecular flexibility index (Phi) is 4.56. The van der Waals surface area contributed by atoms with Gasteiger partial charge in [-0.05, 0) is 25.2 Å². The molecular weight excluding hydrogens is 292 g/mol. The molecule has 2 aliphatic heterocycles. The van der Waals surface area contributed by atoms with Gasteiger partial charge in [0.05, 0.1) is 12.1 Å². The molecule has 21 heavy (non-hydrogen) atoms. The lowest BCUT2D eigenvalue weighted by atomic mass is 9.93. The first-order chi connectivity index (χ1) is 10.1. The SMILES string of the molecule is C=CCC(O)C1O[C@@H]2SC(=NCC3CC3)N[C@@H]2[C@@H](O)[C@@H]1O. The van der Waals surface area contributed by atoms with Crippen LogP contribution in [0.15, 0.2) is 17.6 Å². The van der Waals surface area contributed by atoms with E-state index in [4.69, 9.17) is 4.74 Å². The molecule has 0 radical (unpaired) electrons. The molecule has 3 aliphatic rings. The molecule has 1 aliphatic carbocycles. The Hall–Kier alpha value is -0.600. The highest BCUT2D eigenvalue weighted by Gasteiger charge is 2.50. The van der Waals surface area contributed by atoms with E-state index in [1.807, 2.05) is 0 Å². The van der Waals surface area contributed by atoms with E-state index < -0.39 is 30.5 Å². The first kappa shape index (κ1) is 15.3. The molecule has 7 heteroatoms. The lowest BCUT2D eigenvalue weighted by molar-refractivity contribution is -0.186. The molecular formula is C14H22N2O4S. The van der Waals surface area contributed by atoms with Crippen LogP contribution in [0.5, 0.6) is 0 Å². The maximum Gasteiger partial charge on any atom is 0.159 e. The molecule has 6 atom stereocenters. The Morgan fingerprint density at radius 1 is 1.43 bits per heavy atom. The zero-order valence-corrected chi connectivity index (χ0v) is 12.6. The number of aliphatic imine (C=N–C) groups is 1. The molecule has 4 N–H and O–H groups in total. The van der Waals surface area contributed by atoms with Crippen LogP contribution in [0.2, 0.25) is 0 Å². The van der Waals surface area contributed by atoms with Crippen molar-refractivity contribution >= 4 is 16.9 Å². The van der Waals surface area contributed by atoms with Gasteiger partial charge in [-0.15, -0.1) is 6.58 Å². The summed E-state index contributed by atoms with van der Waals surface area (Å²) in [5.74, 6) is 0.695. The van der Waals surface area contributed by atoms with Gasteiger partial charge in [0, 0.05) is 6.54 Å². The number of thioether (sulfide) groups is 1. The summed E-state index contributed by atoms with van der Waals surface area (Å²) in [6, 6.07) is -0.393. The maximum absolute atomic E-state index is 10.2. The number of fused-ring (bicyclic) bond motifs is 1. The van der Waals surface area contributed by atoms with Crippen LogP contribution in [0.4, 0.5) is 0 Å². The summed E-state index contributed by atoms with van der Waals surface area (Å²) < 4.78 is 5.77. The summed E-state index contributed by atoms with van der Waals surface area (Å²) >= 11 is 1.42. The lowest BCUT2D eigenvalue weighted by Crippen LogP contribution is -2.61. The van der Waals surface area contributed by atoms with Crippen LogP contribution in [-0.4, -0.2) is 62.9 Å². The van der Waals surface area contributed by atoms with Gasteiger partial charge in [-0.1, -0.05) is 17.8 Å². The molecule has 6 nitrogen and oxygen atoms in total. The summed E-state index contributed by atoms with van der Waals surface area (Å²) in [6.07, 6.45) is 0.557. The first-order valence-corrected chi connectivity index (χ1v) is 8.26. The van der Waals surface area contributed by atoms with Gasteiger partial charge in [-0.3, -0.25) is 4.99 Å². The molecule has 2 saturated heterocycles. The van der Waals surface area contributed by atoms with Gasteiger partial charge in [0.15, 0.2) is 5.17 Å². The van der Waals surface area contributed by atoms with Crippen molar-refractivity contribution in [2.45, 2.75) is 55.2 Å². The number of nitrogens with one attached hydrogen (secondary N) is 1. The van der Waals surface area contributed by atoms with Crippen LogP contribution in [0.25, 0.3) is 0 Å². The van der Waals surface area contributed by atoms with Crippen molar-refractivity contribution in [3.8, 4) is 0 Å². The van der Waals surface area contributed by atoms with Crippen molar-refractivity contribution in [2.24, 2.45) is 10.9 Å². The summed E-state index contributed by atoms with van der Waals surface area (Å²) in [5, 5.41) is 34.3. The van der Waals surface area contributed by atoms with Crippen LogP contribution in [0.1, 0.15) is 19.3 Å². The van der Waals surface area contributed by atoms with Crippen molar-refractivity contribution in [2.75, 3.05) is 6.54 Å². The Morgan fingerprint density at radius 3 is 2.86 bits per heavy atom. The van der Waals surface area contributed by atoms with Gasteiger partial charge in [-0.2, -0.15) is 0 Å². The van der Waals surface area contributed by atoms with E-state index >= 15 is 0 Å². The summed E-state index contributed by atoms with van der Waals surface area (Å²) in [5.41, 5.74) is -0.342. The van der Waals surface area contributed by atoms with E-state index in [2.05, 4.69) is 16.9 Å². The number of hydrogen-bond donors (Lipinski definition) is 4. The predicted molar refractivity (Wildman–Crippen MR) is 81.0 cm³/mol. The highest BCUT2D eigenvalue weighted by molar-refractivity contribution is 8.14. The zero-order chi connectivity index (χ0) is 15.0. The van der Waals surface area contributed by atoms with E-state index in [1.54, 1.807) is 6.08 Å². The van der Waals surface area contributed by atoms with Crippen molar-refractivity contribution < 1.29 is 20.1 Å². The molecule has 118 valence electrons. The Morgan fingerprint density at radius 2 is 2.19 bits per heavy atom. The largest absolute Gasteiger partial charge is 0.390 e. The molecule has 0 amide bonds. The van der Waals surface area contributed by atoms with E-state index in [9.17, 15) is 15.3 Å². The number of ether oxygens (including phenoxy) is 1. The molecule has 0 aromatic heterocycles. The highest BCUT2D eigenvalue weighted by Crippen LogP contribution is 2.36. The lowest BCUT2D eigenvalue weighted by Gasteiger charge is -2.40. The molecule has 0 spiro atoms. The summed E-state index contributed by atoms with van der Waals surface area (Å²) in [7, 11) is 0. The number of amidine groups is 1. The van der Waals surface area contributed by atoms with E-state index in [-0.39, 0.29) is 5.44 Å². The Bertz CT molecular complexity index is 429. The fourth-order valence-corrected chi connectivity index (χ4v) is 3.78. The standard InChI is InChI=1S/C14H22N2O4S/c1-2-3-8(17)12-11(19)10(18)9-13(20-12)21-14(16-9)15-6-7-4-5-7/h2,7-13,17-19H,1,3-6H2,(H,15,16)/t8?,9-,10-,11+,12?,13-/m1/s1. The Balaban J connectivity index is 1.65. The summed E-state index contributed by atoms with van der Waals surface area (Å²) in [6.45, 7) is 4.37. The second kappa shape index (κ2) is 6.26. The van der Waals surface area contributed by atoms with Crippen LogP contribution in [0.3, 0.4) is 0 Å². The van der Waals surface area contributed by atoms with Gasteiger partial charge >= 0.3 is 0 Å². The van der Waals surface area contributed by atoms with Crippen LogP contribution in [-0.2, 0) is 4.74 Å². The molecule has 1 saturated carbocycles. The minimum atomic E-state index is -1.13. The molecule has 3 rings (SSSR count). The first-order valence-electron chi connectivity index (χ1n) is 7.38. The quantitative estimate of drug-likeness (QED) is 0.527. The number of nitrogens with zero attached hydrogens (tertiary/aromatic N) is 1. The fourth-order valence-electron chi connectivity index (χ4n) is 2.65. The molecule has 0 bridgehead atoms. The topological polar surface area (TPSA) is 94.3 Å². The van der Waals surface area contributed by atoms with Crippen molar-refractivity contribution in [3.05, 3.63) is 12.7 Å². The normalized spacial score (nSPS) is 42.4. The van der Waals surface area contributed by atoms with Gasteiger partial charge in [0.1, 0.15) is 23.7 Å². The third-order valence-corrected chi connectivity index (χ3v) is 5.24. The number of hydrogen-bond acceptors (Lipinski definition) is 6. The van der Waals surface area contributed by atoms with Crippen LogP contribution >= 0.6 is 11.8 Å². The maximum atomic E-state index is 10.2. The monoisotopic (exact) mass is 314 g/mol. The van der Waals surface area contributed by atoms with Crippen molar-refractivity contribution in [3.63, 3.8) is 0 Å². The van der Waals surface area contributed by atoms with E-state index in [0.29, 0.717) is 12.3 Å². The third kappa shape index (κ3) is 3.27. The highest BCUT2D eigenvalue weighted by atomic mass is 32.2. The van der Waals surface area contributed by atoms with Crippen molar-refractivity contribution in [1.29, 1.82) is 0 Å². The number of rotatable bonds is 5. The van der Waals surface area contributed by atoms with Gasteiger partial charge in [-0.25, -0.2) is 0 Å². The van der Waals surface area contributed by atoms with E-state index in [1.165, 1.54) is 24.6 Å². The van der Waals surface area contributed by atoms with E-state index in [0.717, 1.165) is 11.7 Å². The number of aliphatic hydroxyl groups excluding tert-OH is 3. The summed E-state index contributed by atoms with van der Waals surface area (Å²) in [4.78, 5) is 4.49. The molecule has 0 aromatic rings. The molecule has 3 fully saturated rings. The van der Waals surface area contributed by atoms with Gasteiger partial charge < -0.3 is 25.4 Å². The van der Waals surface area contributed by atoms with Gasteiger partial charge in [0.25, 0.3) is 0 Å². The minimum Gasteiger partial charge on any atom is -0.390 e.